The highest BCUT2D eigenvalue weighted by molar-refractivity contribution is 5.86. The van der Waals surface area contributed by atoms with Gasteiger partial charge in [-0.25, -0.2) is 9.59 Å². The van der Waals surface area contributed by atoms with Gasteiger partial charge in [0.15, 0.2) is 0 Å². The van der Waals surface area contributed by atoms with E-state index in [0.717, 1.165) is 11.1 Å². The lowest BCUT2D eigenvalue weighted by atomic mass is 9.68. The number of carbonyl (C=O) groups is 2. The Bertz CT molecular complexity index is 1380. The lowest BCUT2D eigenvalue weighted by Gasteiger charge is -2.34. The third kappa shape index (κ3) is 5.94. The van der Waals surface area contributed by atoms with E-state index >= 15 is 0 Å². The van der Waals surface area contributed by atoms with Gasteiger partial charge in [0, 0.05) is 0 Å². The van der Waals surface area contributed by atoms with E-state index in [1.807, 2.05) is 24.3 Å². The first-order chi connectivity index (χ1) is 20.0. The van der Waals surface area contributed by atoms with Crippen LogP contribution in [0.15, 0.2) is 97.1 Å². The first-order valence-corrected chi connectivity index (χ1v) is 13.3. The second-order valence-electron chi connectivity index (χ2n) is 9.48. The van der Waals surface area contributed by atoms with E-state index in [1.165, 1.54) is 22.3 Å². The fraction of sp³-hybridized carbons (Fsp3) is 0.212. The number of hydrogen-bond acceptors (Lipinski definition) is 6. The topological polar surface area (TPSA) is 112 Å². The monoisotopic (exact) mass is 554 g/mol. The summed E-state index contributed by atoms with van der Waals surface area (Å²) in [6, 6.07) is 32.8. The lowest BCUT2D eigenvalue weighted by molar-refractivity contribution is -0.143. The molecule has 2 N–H and O–H groups in total. The van der Waals surface area contributed by atoms with Crippen molar-refractivity contribution in [3.8, 4) is 22.6 Å². The molecule has 5 rings (SSSR count). The normalized spacial score (nSPS) is 12.8. The maximum Gasteiger partial charge on any atom is 0.329 e. The Kier molecular flexibility index (Phi) is 8.62. The van der Waals surface area contributed by atoms with Crippen molar-refractivity contribution in [2.75, 3.05) is 39.6 Å². The van der Waals surface area contributed by atoms with Gasteiger partial charge in [-0.3, -0.25) is 0 Å². The van der Waals surface area contributed by atoms with Crippen molar-refractivity contribution in [3.05, 3.63) is 119 Å². The first kappa shape index (κ1) is 27.9. The fourth-order valence-electron chi connectivity index (χ4n) is 5.38. The van der Waals surface area contributed by atoms with Crippen LogP contribution in [0.5, 0.6) is 11.5 Å². The summed E-state index contributed by atoms with van der Waals surface area (Å²) >= 11 is 0. The summed E-state index contributed by atoms with van der Waals surface area (Å²) in [5, 5.41) is 17.4. The number of fused-ring (bicyclic) bond motifs is 3. The quantitative estimate of drug-likeness (QED) is 0.184. The van der Waals surface area contributed by atoms with Gasteiger partial charge < -0.3 is 29.2 Å². The van der Waals surface area contributed by atoms with Crippen LogP contribution in [-0.4, -0.2) is 61.8 Å². The molecule has 0 saturated heterocycles. The summed E-state index contributed by atoms with van der Waals surface area (Å²) in [7, 11) is 0. The van der Waals surface area contributed by atoms with E-state index in [1.54, 1.807) is 0 Å². The van der Waals surface area contributed by atoms with Crippen molar-refractivity contribution >= 4 is 11.9 Å². The maximum atomic E-state index is 10.6. The molecule has 0 heterocycles. The molecule has 1 aliphatic rings. The van der Waals surface area contributed by atoms with Gasteiger partial charge in [-0.2, -0.15) is 0 Å². The molecule has 41 heavy (non-hydrogen) atoms. The maximum absolute atomic E-state index is 10.6. The minimum atomic E-state index is -1.01. The second-order valence-corrected chi connectivity index (χ2v) is 9.48. The minimum absolute atomic E-state index is 0.179. The highest BCUT2D eigenvalue weighted by Gasteiger charge is 2.45. The molecule has 0 saturated carbocycles. The number of carboxylic acids is 2. The van der Waals surface area contributed by atoms with Crippen molar-refractivity contribution in [3.63, 3.8) is 0 Å². The Morgan fingerprint density at radius 1 is 0.537 bits per heavy atom. The Labute approximate surface area is 237 Å². The third-order valence-electron chi connectivity index (χ3n) is 6.97. The highest BCUT2D eigenvalue weighted by Crippen LogP contribution is 2.56. The molecule has 8 heteroatoms. The SMILES string of the molecule is O=C(O)COCCOc1ccc(C2(c3ccc(OCCOCC(=O)O)cc3)c3ccccc3-c3ccccc32)cc1. The average Bonchev–Trinajstić information content (AvgIpc) is 3.28. The molecule has 1 aliphatic carbocycles. The number of carboxylic acid groups (broad SMARTS) is 2. The van der Waals surface area contributed by atoms with Crippen molar-refractivity contribution < 1.29 is 38.7 Å². The predicted molar refractivity (Wildman–Crippen MR) is 152 cm³/mol. The van der Waals surface area contributed by atoms with Gasteiger partial charge >= 0.3 is 11.9 Å². The van der Waals surface area contributed by atoms with Crippen molar-refractivity contribution in [2.24, 2.45) is 0 Å². The molecule has 0 amide bonds. The van der Waals surface area contributed by atoms with Gasteiger partial charge in [-0.15, -0.1) is 0 Å². The van der Waals surface area contributed by atoms with E-state index < -0.39 is 17.4 Å². The Morgan fingerprint density at radius 2 is 0.927 bits per heavy atom. The highest BCUT2D eigenvalue weighted by atomic mass is 16.5. The molecular weight excluding hydrogens is 524 g/mol. The van der Waals surface area contributed by atoms with E-state index in [9.17, 15) is 9.59 Å². The zero-order valence-corrected chi connectivity index (χ0v) is 22.3. The van der Waals surface area contributed by atoms with Crippen molar-refractivity contribution in [1.82, 2.24) is 0 Å². The Balaban J connectivity index is 1.46. The molecule has 4 aromatic rings. The summed E-state index contributed by atoms with van der Waals surface area (Å²) < 4.78 is 21.7. The Morgan fingerprint density at radius 3 is 1.32 bits per heavy atom. The van der Waals surface area contributed by atoms with E-state index in [4.69, 9.17) is 29.2 Å². The largest absolute Gasteiger partial charge is 0.491 e. The summed E-state index contributed by atoms with van der Waals surface area (Å²) in [6.07, 6.45) is 0. The molecule has 210 valence electrons. The van der Waals surface area contributed by atoms with Crippen LogP contribution in [0, 0.1) is 0 Å². The van der Waals surface area contributed by atoms with Crippen LogP contribution < -0.4 is 9.47 Å². The number of benzene rings is 4. The molecule has 0 fully saturated rings. The van der Waals surface area contributed by atoms with Gasteiger partial charge in [0.1, 0.15) is 37.9 Å². The van der Waals surface area contributed by atoms with Crippen LogP contribution in [0.2, 0.25) is 0 Å². The molecular formula is C33H30O8. The zero-order chi connectivity index (χ0) is 28.7. The molecule has 8 nitrogen and oxygen atoms in total. The van der Waals surface area contributed by atoms with E-state index in [-0.39, 0.29) is 39.6 Å². The average molecular weight is 555 g/mol. The molecule has 0 aliphatic heterocycles. The molecule has 0 atom stereocenters. The predicted octanol–water partition coefficient (Wildman–Crippen LogP) is 5.01. The lowest BCUT2D eigenvalue weighted by Crippen LogP contribution is -2.28. The van der Waals surface area contributed by atoms with Crippen molar-refractivity contribution in [1.29, 1.82) is 0 Å². The van der Waals surface area contributed by atoms with Crippen LogP contribution >= 0.6 is 0 Å². The summed E-state index contributed by atoms with van der Waals surface area (Å²) in [5.74, 6) is -0.699. The van der Waals surface area contributed by atoms with Crippen LogP contribution in [0.3, 0.4) is 0 Å². The first-order valence-electron chi connectivity index (χ1n) is 13.3. The summed E-state index contributed by atoms with van der Waals surface area (Å²) in [6.45, 7) is 0.133. The third-order valence-corrected chi connectivity index (χ3v) is 6.97. The van der Waals surface area contributed by atoms with Gasteiger partial charge in [0.25, 0.3) is 0 Å². The Hall–Kier alpha value is -4.66. The standard InChI is InChI=1S/C33H30O8/c34-31(35)21-38-17-19-40-25-13-9-23(10-14-25)33(24-11-15-26(16-12-24)41-20-18-39-22-32(36)37)29-7-3-1-5-27(29)28-6-2-4-8-30(28)33/h1-16H,17-22H2,(H,34,35)(H,36,37). The van der Waals surface area contributed by atoms with Gasteiger partial charge in [0.2, 0.25) is 0 Å². The molecule has 0 aromatic heterocycles. The number of rotatable bonds is 14. The number of hydrogen-bond donors (Lipinski definition) is 2. The van der Waals surface area contributed by atoms with Crippen LogP contribution in [0.25, 0.3) is 11.1 Å². The van der Waals surface area contributed by atoms with Gasteiger partial charge in [-0.1, -0.05) is 72.8 Å². The fourth-order valence-corrected chi connectivity index (χ4v) is 5.38. The number of ether oxygens (including phenoxy) is 4. The van der Waals surface area contributed by atoms with Crippen LogP contribution in [0.4, 0.5) is 0 Å². The molecule has 0 bridgehead atoms. The van der Waals surface area contributed by atoms with Gasteiger partial charge in [0.05, 0.1) is 18.6 Å². The molecule has 0 spiro atoms. The zero-order valence-electron chi connectivity index (χ0n) is 22.3. The second kappa shape index (κ2) is 12.7. The molecule has 4 aromatic carbocycles. The van der Waals surface area contributed by atoms with E-state index in [2.05, 4.69) is 72.8 Å². The summed E-state index contributed by atoms with van der Waals surface area (Å²) in [5.41, 5.74) is 6.25. The minimum Gasteiger partial charge on any atom is -0.491 e. The van der Waals surface area contributed by atoms with E-state index in [0.29, 0.717) is 11.5 Å². The van der Waals surface area contributed by atoms with Crippen LogP contribution in [-0.2, 0) is 24.5 Å². The molecule has 0 radical (unpaired) electrons. The number of aliphatic carboxylic acids is 2. The summed E-state index contributed by atoms with van der Waals surface area (Å²) in [4.78, 5) is 21.3. The van der Waals surface area contributed by atoms with Gasteiger partial charge in [-0.05, 0) is 57.6 Å². The van der Waals surface area contributed by atoms with Crippen LogP contribution in [0.1, 0.15) is 22.3 Å². The molecule has 0 unspecified atom stereocenters. The smallest absolute Gasteiger partial charge is 0.329 e. The van der Waals surface area contributed by atoms with Crippen molar-refractivity contribution in [2.45, 2.75) is 5.41 Å².